The molecule has 0 atom stereocenters. The first-order valence-corrected chi connectivity index (χ1v) is 20.0. The minimum Gasteiger partial charge on any atom is -0.418 e. The molecule has 7 rings (SSSR count). The molecule has 0 spiro atoms. The van der Waals surface area contributed by atoms with Crippen molar-refractivity contribution in [2.45, 2.75) is 0 Å². The SMILES string of the molecule is F[B-](F)(F)F.[CH-]1SCCS1.[Pt+2].c1ccc(P(c2ccccc2)c2ccccc2)cc1.c1ccc(P(c2ccccc2)c2ccccc2)cc1. The van der Waals surface area contributed by atoms with Gasteiger partial charge in [0, 0.05) is 0 Å². The molecule has 1 fully saturated rings. The second-order valence-corrected chi connectivity index (χ2v) is 16.7. The van der Waals surface area contributed by atoms with Crippen molar-refractivity contribution in [1.82, 2.24) is 0 Å². The van der Waals surface area contributed by atoms with Crippen LogP contribution in [0.5, 0.6) is 0 Å². The largest absolute Gasteiger partial charge is 2.00 e. The molecule has 1 aliphatic rings. The number of thioether (sulfide) groups is 2. The minimum atomic E-state index is -6.00. The van der Waals surface area contributed by atoms with Gasteiger partial charge in [-0.05, 0) is 59.2 Å². The van der Waals surface area contributed by atoms with Crippen molar-refractivity contribution in [3.8, 4) is 0 Å². The van der Waals surface area contributed by atoms with Crippen LogP contribution in [0.3, 0.4) is 0 Å². The monoisotopic (exact) mass is 911 g/mol. The van der Waals surface area contributed by atoms with Gasteiger partial charge in [-0.3, -0.25) is 0 Å². The summed E-state index contributed by atoms with van der Waals surface area (Å²) >= 11 is 3.82. The first-order chi connectivity index (χ1) is 23.4. The number of hydrogen-bond acceptors (Lipinski definition) is 2. The first kappa shape index (κ1) is 40.8. The van der Waals surface area contributed by atoms with Gasteiger partial charge in [0.1, 0.15) is 0 Å². The van der Waals surface area contributed by atoms with E-state index >= 15 is 0 Å². The molecule has 254 valence electrons. The average molecular weight is 912 g/mol. The third-order valence-corrected chi connectivity index (χ3v) is 13.7. The van der Waals surface area contributed by atoms with Crippen LogP contribution in [0.4, 0.5) is 17.3 Å². The van der Waals surface area contributed by atoms with Gasteiger partial charge in [0.15, 0.2) is 0 Å². The van der Waals surface area contributed by atoms with Crippen LogP contribution < -0.4 is 31.8 Å². The van der Waals surface area contributed by atoms with Crippen LogP contribution in [0, 0.1) is 5.08 Å². The molecule has 0 nitrogen and oxygen atoms in total. The molecule has 6 aromatic rings. The summed E-state index contributed by atoms with van der Waals surface area (Å²) in [5.41, 5.74) is 0. The summed E-state index contributed by atoms with van der Waals surface area (Å²) in [4.78, 5) is 0. The summed E-state index contributed by atoms with van der Waals surface area (Å²) in [6.45, 7) is 0. The molecule has 0 aliphatic carbocycles. The van der Waals surface area contributed by atoms with E-state index in [2.05, 4.69) is 187 Å². The normalized spacial score (nSPS) is 11.9. The molecule has 1 saturated heterocycles. The third-order valence-electron chi connectivity index (χ3n) is 6.54. The Morgan fingerprint density at radius 3 is 0.653 bits per heavy atom. The van der Waals surface area contributed by atoms with Crippen molar-refractivity contribution < 1.29 is 38.3 Å². The van der Waals surface area contributed by atoms with Gasteiger partial charge in [-0.15, -0.1) is 0 Å². The van der Waals surface area contributed by atoms with E-state index in [1.165, 1.54) is 43.3 Å². The maximum Gasteiger partial charge on any atom is 2.00 e. The van der Waals surface area contributed by atoms with Gasteiger partial charge in [0.05, 0.1) is 0 Å². The maximum atomic E-state index is 9.75. The standard InChI is InChI=1S/2C18H15P.C3H5S2.BF4.Pt/c2*1-4-10-16(11-5-1)19(17-12-6-2-7-13-17)18-14-8-3-9-15-18;1-2-5-3-4-1;2-1(3,4)5;/h2*1-15H;3H,1-2H2;;/q;;2*-1;+2. The molecule has 1 aliphatic heterocycles. The summed E-state index contributed by atoms with van der Waals surface area (Å²) in [5, 5.41) is 10.6. The van der Waals surface area contributed by atoms with E-state index in [4.69, 9.17) is 0 Å². The van der Waals surface area contributed by atoms with Crippen molar-refractivity contribution in [3.63, 3.8) is 0 Å². The van der Waals surface area contributed by atoms with Crippen LogP contribution in [0.2, 0.25) is 0 Å². The molecule has 0 radical (unpaired) electrons. The summed E-state index contributed by atoms with van der Waals surface area (Å²) < 4.78 is 39.0. The molecule has 6 aromatic carbocycles. The molecular weight excluding hydrogens is 876 g/mol. The first-order valence-electron chi connectivity index (χ1n) is 15.2. The summed E-state index contributed by atoms with van der Waals surface area (Å²) in [7, 11) is -6.89. The van der Waals surface area contributed by atoms with Crippen molar-refractivity contribution in [2.75, 3.05) is 11.5 Å². The minimum absolute atomic E-state index is 0. The fourth-order valence-electron chi connectivity index (χ4n) is 4.60. The van der Waals surface area contributed by atoms with Crippen LogP contribution in [0.1, 0.15) is 0 Å². The second kappa shape index (κ2) is 22.9. The Bertz CT molecular complexity index is 1370. The Balaban J connectivity index is 0.000000205. The zero-order chi connectivity index (χ0) is 33.9. The molecule has 0 aromatic heterocycles. The zero-order valence-electron chi connectivity index (χ0n) is 26.4. The van der Waals surface area contributed by atoms with Gasteiger partial charge in [0.25, 0.3) is 0 Å². The maximum absolute atomic E-state index is 9.75. The van der Waals surface area contributed by atoms with E-state index in [1.54, 1.807) is 0 Å². The van der Waals surface area contributed by atoms with Crippen LogP contribution in [0.15, 0.2) is 182 Å². The van der Waals surface area contributed by atoms with E-state index in [0.717, 1.165) is 0 Å². The molecule has 0 N–H and O–H groups in total. The van der Waals surface area contributed by atoms with E-state index < -0.39 is 23.1 Å². The fraction of sp³-hybridized carbons (Fsp3) is 0.0513. The fourth-order valence-corrected chi connectivity index (χ4v) is 11.1. The van der Waals surface area contributed by atoms with Crippen molar-refractivity contribution in [1.29, 1.82) is 0 Å². The van der Waals surface area contributed by atoms with Gasteiger partial charge in [-0.1, -0.05) is 182 Å². The number of halogens is 4. The number of rotatable bonds is 6. The number of hydrogen-bond donors (Lipinski definition) is 0. The Kier molecular flexibility index (Phi) is 19.1. The van der Waals surface area contributed by atoms with E-state index in [9.17, 15) is 17.3 Å². The summed E-state index contributed by atoms with van der Waals surface area (Å²) in [6, 6.07) is 64.7. The van der Waals surface area contributed by atoms with Gasteiger partial charge in [-0.2, -0.15) is 0 Å². The molecule has 0 bridgehead atoms. The van der Waals surface area contributed by atoms with Gasteiger partial charge >= 0.3 is 28.3 Å². The van der Waals surface area contributed by atoms with E-state index in [-0.39, 0.29) is 21.1 Å². The summed E-state index contributed by atoms with van der Waals surface area (Å²) in [6.07, 6.45) is 0. The molecule has 0 amide bonds. The van der Waals surface area contributed by atoms with Crippen LogP contribution >= 0.6 is 39.4 Å². The molecular formula is C39H35BF4P2PtS2. The Morgan fingerprint density at radius 2 is 0.531 bits per heavy atom. The second-order valence-electron chi connectivity index (χ2n) is 10.0. The van der Waals surface area contributed by atoms with Crippen molar-refractivity contribution in [2.24, 2.45) is 0 Å². The Hall–Kier alpha value is -2.65. The van der Waals surface area contributed by atoms with Crippen molar-refractivity contribution >= 4 is 78.4 Å². The van der Waals surface area contributed by atoms with Crippen molar-refractivity contribution in [3.05, 3.63) is 187 Å². The van der Waals surface area contributed by atoms with Gasteiger partial charge < -0.3 is 40.8 Å². The molecule has 10 heteroatoms. The topological polar surface area (TPSA) is 0 Å². The Labute approximate surface area is 313 Å². The molecule has 1 heterocycles. The average Bonchev–Trinajstić information content (AvgIpc) is 3.72. The Morgan fingerprint density at radius 1 is 0.367 bits per heavy atom. The molecule has 0 saturated carbocycles. The quantitative estimate of drug-likeness (QED) is 0.0707. The van der Waals surface area contributed by atoms with E-state index in [1.807, 2.05) is 23.5 Å². The smallest absolute Gasteiger partial charge is 0.418 e. The number of benzene rings is 6. The summed E-state index contributed by atoms with van der Waals surface area (Å²) in [5.74, 6) is 2.65. The van der Waals surface area contributed by atoms with Crippen LogP contribution in [-0.2, 0) is 21.1 Å². The molecule has 49 heavy (non-hydrogen) atoms. The van der Waals surface area contributed by atoms with Gasteiger partial charge in [-0.25, -0.2) is 5.08 Å². The predicted molar refractivity (Wildman–Crippen MR) is 210 cm³/mol. The van der Waals surface area contributed by atoms with Gasteiger partial charge in [0.2, 0.25) is 0 Å². The van der Waals surface area contributed by atoms with Crippen LogP contribution in [0.25, 0.3) is 0 Å². The predicted octanol–water partition coefficient (Wildman–Crippen LogP) is 9.77. The third kappa shape index (κ3) is 15.4. The van der Waals surface area contributed by atoms with Crippen LogP contribution in [-0.4, -0.2) is 18.8 Å². The molecule has 0 unspecified atom stereocenters. The van der Waals surface area contributed by atoms with E-state index in [0.29, 0.717) is 0 Å². The zero-order valence-corrected chi connectivity index (χ0v) is 32.1.